The number of methoxy groups -OCH3 is 1. The van der Waals surface area contributed by atoms with Gasteiger partial charge >= 0.3 is 0 Å². The van der Waals surface area contributed by atoms with E-state index in [1.54, 1.807) is 7.11 Å². The summed E-state index contributed by atoms with van der Waals surface area (Å²) in [5, 5.41) is 0. The Labute approximate surface area is 119 Å². The lowest BCUT2D eigenvalue weighted by Crippen LogP contribution is -2.59. The predicted molar refractivity (Wildman–Crippen MR) is 77.5 cm³/mol. The molecule has 1 unspecified atom stereocenters. The van der Waals surface area contributed by atoms with E-state index in [2.05, 4.69) is 6.07 Å². The third-order valence-electron chi connectivity index (χ3n) is 4.66. The molecule has 1 atom stereocenters. The number of rotatable bonds is 3. The van der Waals surface area contributed by atoms with Crippen LogP contribution in [0.4, 0.5) is 0 Å². The fourth-order valence-corrected chi connectivity index (χ4v) is 3.26. The maximum absolute atomic E-state index is 12.7. The van der Waals surface area contributed by atoms with E-state index in [-0.39, 0.29) is 11.9 Å². The molecular formula is C16H22N2O2. The van der Waals surface area contributed by atoms with Gasteiger partial charge in [0, 0.05) is 6.54 Å². The first-order valence-corrected chi connectivity index (χ1v) is 7.38. The molecule has 1 aromatic rings. The third kappa shape index (κ3) is 2.18. The Kier molecular flexibility index (Phi) is 3.42. The molecular weight excluding hydrogens is 252 g/mol. The van der Waals surface area contributed by atoms with Crippen LogP contribution in [-0.4, -0.2) is 30.0 Å². The quantitative estimate of drug-likeness (QED) is 0.919. The van der Waals surface area contributed by atoms with E-state index in [1.165, 1.54) is 0 Å². The molecule has 4 heteroatoms. The second kappa shape index (κ2) is 5.09. The third-order valence-corrected chi connectivity index (χ3v) is 4.66. The molecule has 2 aliphatic rings. The van der Waals surface area contributed by atoms with Gasteiger partial charge in [-0.15, -0.1) is 0 Å². The highest BCUT2D eigenvalue weighted by Crippen LogP contribution is 2.38. The fourth-order valence-electron chi connectivity index (χ4n) is 3.26. The Morgan fingerprint density at radius 1 is 1.40 bits per heavy atom. The smallest absolute Gasteiger partial charge is 0.243 e. The fraction of sp³-hybridized carbons (Fsp3) is 0.562. The van der Waals surface area contributed by atoms with E-state index in [9.17, 15) is 4.79 Å². The number of ether oxygens (including phenoxy) is 1. The van der Waals surface area contributed by atoms with Crippen molar-refractivity contribution in [2.75, 3.05) is 13.7 Å². The molecule has 1 amide bonds. The van der Waals surface area contributed by atoms with Crippen LogP contribution in [0, 0.1) is 0 Å². The van der Waals surface area contributed by atoms with Crippen molar-refractivity contribution in [1.29, 1.82) is 0 Å². The lowest BCUT2D eigenvalue weighted by Gasteiger charge is -2.41. The molecule has 3 rings (SSSR count). The molecule has 0 aromatic heterocycles. The molecule has 2 fully saturated rings. The van der Waals surface area contributed by atoms with Crippen molar-refractivity contribution in [2.24, 2.45) is 5.73 Å². The molecule has 1 aliphatic carbocycles. The maximum atomic E-state index is 12.7. The number of hydrogen-bond acceptors (Lipinski definition) is 3. The molecule has 1 aromatic carbocycles. The molecule has 20 heavy (non-hydrogen) atoms. The summed E-state index contributed by atoms with van der Waals surface area (Å²) in [6.07, 6.45) is 4.78. The van der Waals surface area contributed by atoms with Crippen LogP contribution in [0.3, 0.4) is 0 Å². The highest BCUT2D eigenvalue weighted by atomic mass is 16.5. The van der Waals surface area contributed by atoms with E-state index in [0.717, 1.165) is 50.0 Å². The summed E-state index contributed by atoms with van der Waals surface area (Å²) in [6.45, 7) is 0.819. The molecule has 1 aliphatic heterocycles. The number of carbonyl (C=O) groups is 1. The zero-order valence-corrected chi connectivity index (χ0v) is 12.0. The number of nitrogens with two attached hydrogens (primary N) is 1. The Morgan fingerprint density at radius 3 is 2.85 bits per heavy atom. The van der Waals surface area contributed by atoms with Gasteiger partial charge in [0.25, 0.3) is 0 Å². The van der Waals surface area contributed by atoms with Gasteiger partial charge in [-0.05, 0) is 49.8 Å². The highest BCUT2D eigenvalue weighted by Gasteiger charge is 2.45. The summed E-state index contributed by atoms with van der Waals surface area (Å²) >= 11 is 0. The Balaban J connectivity index is 1.83. The average molecular weight is 274 g/mol. The Morgan fingerprint density at radius 2 is 2.20 bits per heavy atom. The van der Waals surface area contributed by atoms with Gasteiger partial charge in [-0.25, -0.2) is 0 Å². The molecule has 1 saturated carbocycles. The van der Waals surface area contributed by atoms with Crippen molar-refractivity contribution < 1.29 is 9.53 Å². The monoisotopic (exact) mass is 274 g/mol. The van der Waals surface area contributed by atoms with Gasteiger partial charge < -0.3 is 15.4 Å². The normalized spacial score (nSPS) is 24.3. The van der Waals surface area contributed by atoms with Gasteiger partial charge in [0.2, 0.25) is 5.91 Å². The van der Waals surface area contributed by atoms with Gasteiger partial charge in [0.05, 0.1) is 18.7 Å². The number of nitrogens with zero attached hydrogens (tertiary/aromatic N) is 1. The summed E-state index contributed by atoms with van der Waals surface area (Å²) in [5.41, 5.74) is 6.76. The zero-order chi connectivity index (χ0) is 14.2. The van der Waals surface area contributed by atoms with Gasteiger partial charge in [0.1, 0.15) is 5.75 Å². The van der Waals surface area contributed by atoms with Gasteiger partial charge in [-0.1, -0.05) is 12.1 Å². The van der Waals surface area contributed by atoms with Crippen molar-refractivity contribution in [3.05, 3.63) is 29.8 Å². The van der Waals surface area contributed by atoms with E-state index in [4.69, 9.17) is 10.5 Å². The van der Waals surface area contributed by atoms with Crippen LogP contribution >= 0.6 is 0 Å². The van der Waals surface area contributed by atoms with Gasteiger partial charge in [-0.2, -0.15) is 0 Å². The first-order chi connectivity index (χ1) is 9.64. The molecule has 1 heterocycles. The van der Waals surface area contributed by atoms with Crippen molar-refractivity contribution in [2.45, 2.75) is 43.7 Å². The van der Waals surface area contributed by atoms with Crippen molar-refractivity contribution in [3.8, 4) is 5.75 Å². The summed E-state index contributed by atoms with van der Waals surface area (Å²) in [7, 11) is 1.67. The van der Waals surface area contributed by atoms with Crippen molar-refractivity contribution in [3.63, 3.8) is 0 Å². The highest BCUT2D eigenvalue weighted by molar-refractivity contribution is 5.87. The van der Waals surface area contributed by atoms with Crippen LogP contribution in [0.25, 0.3) is 0 Å². The summed E-state index contributed by atoms with van der Waals surface area (Å²) in [6, 6.07) is 8.17. The first-order valence-electron chi connectivity index (χ1n) is 7.38. The average Bonchev–Trinajstić information content (AvgIpc) is 2.93. The zero-order valence-electron chi connectivity index (χ0n) is 12.0. The molecule has 0 radical (unpaired) electrons. The Bertz CT molecular complexity index is 511. The molecule has 4 nitrogen and oxygen atoms in total. The van der Waals surface area contributed by atoms with E-state index < -0.39 is 5.54 Å². The minimum absolute atomic E-state index is 0.133. The van der Waals surface area contributed by atoms with Crippen LogP contribution in [0.1, 0.15) is 43.7 Å². The number of benzene rings is 1. The first kappa shape index (κ1) is 13.4. The van der Waals surface area contributed by atoms with Crippen molar-refractivity contribution >= 4 is 5.91 Å². The second-order valence-corrected chi connectivity index (χ2v) is 5.94. The largest absolute Gasteiger partial charge is 0.497 e. The van der Waals surface area contributed by atoms with E-state index >= 15 is 0 Å². The number of likely N-dealkylation sites (tertiary alicyclic amines) is 1. The molecule has 108 valence electrons. The predicted octanol–water partition coefficient (Wildman–Crippen LogP) is 2.24. The molecule has 0 bridgehead atoms. The minimum atomic E-state index is -0.596. The molecule has 1 saturated heterocycles. The van der Waals surface area contributed by atoms with Crippen molar-refractivity contribution in [1.82, 2.24) is 4.90 Å². The van der Waals surface area contributed by atoms with Crippen LogP contribution in [0.2, 0.25) is 0 Å². The van der Waals surface area contributed by atoms with Gasteiger partial charge in [0.15, 0.2) is 0 Å². The SMILES string of the molecule is COc1cccc(C2CCCN2C(=O)C2(N)CCC2)c1. The lowest BCUT2D eigenvalue weighted by molar-refractivity contribution is -0.141. The second-order valence-electron chi connectivity index (χ2n) is 5.94. The molecule has 2 N–H and O–H groups in total. The summed E-state index contributed by atoms with van der Waals surface area (Å²) in [4.78, 5) is 14.6. The lowest BCUT2D eigenvalue weighted by atomic mass is 9.76. The van der Waals surface area contributed by atoms with Crippen LogP contribution < -0.4 is 10.5 Å². The topological polar surface area (TPSA) is 55.6 Å². The molecule has 0 spiro atoms. The maximum Gasteiger partial charge on any atom is 0.243 e. The van der Waals surface area contributed by atoms with Crippen LogP contribution in [-0.2, 0) is 4.79 Å². The summed E-state index contributed by atoms with van der Waals surface area (Å²) < 4.78 is 5.28. The van der Waals surface area contributed by atoms with E-state index in [1.807, 2.05) is 23.1 Å². The standard InChI is InChI=1S/C16H22N2O2/c1-20-13-6-2-5-12(11-13)14-7-3-10-18(14)15(19)16(17)8-4-9-16/h2,5-6,11,14H,3-4,7-10,17H2,1H3. The number of carbonyl (C=O) groups excluding carboxylic acids is 1. The number of amides is 1. The Hall–Kier alpha value is -1.55. The van der Waals surface area contributed by atoms with Gasteiger partial charge in [-0.3, -0.25) is 4.79 Å². The number of hydrogen-bond donors (Lipinski definition) is 1. The minimum Gasteiger partial charge on any atom is -0.497 e. The van der Waals surface area contributed by atoms with Crippen LogP contribution in [0.15, 0.2) is 24.3 Å². The van der Waals surface area contributed by atoms with E-state index in [0.29, 0.717) is 0 Å². The van der Waals surface area contributed by atoms with Crippen LogP contribution in [0.5, 0.6) is 5.75 Å². The summed E-state index contributed by atoms with van der Waals surface area (Å²) in [5.74, 6) is 0.974.